The van der Waals surface area contributed by atoms with Crippen molar-refractivity contribution in [3.63, 3.8) is 0 Å². The van der Waals surface area contributed by atoms with Gasteiger partial charge in [-0.05, 0) is 48.0 Å². The van der Waals surface area contributed by atoms with E-state index in [1.807, 2.05) is 26.0 Å². The maximum absolute atomic E-state index is 12.3. The van der Waals surface area contributed by atoms with Gasteiger partial charge in [0, 0.05) is 16.0 Å². The average Bonchev–Trinajstić information content (AvgIpc) is 2.30. The molecule has 0 heterocycles. The van der Waals surface area contributed by atoms with Gasteiger partial charge in [0.15, 0.2) is 0 Å². The van der Waals surface area contributed by atoms with Crippen molar-refractivity contribution in [2.45, 2.75) is 19.4 Å². The van der Waals surface area contributed by atoms with Gasteiger partial charge in [0.05, 0.1) is 17.7 Å². The van der Waals surface area contributed by atoms with Gasteiger partial charge in [-0.1, -0.05) is 15.9 Å². The lowest BCUT2D eigenvalue weighted by atomic mass is 10.0. The summed E-state index contributed by atoms with van der Waals surface area (Å²) in [4.78, 5) is 13.8. The molecule has 0 spiro atoms. The van der Waals surface area contributed by atoms with Gasteiger partial charge in [-0.2, -0.15) is 0 Å². The van der Waals surface area contributed by atoms with Crippen molar-refractivity contribution in [2.75, 3.05) is 13.7 Å². The predicted molar refractivity (Wildman–Crippen MR) is 75.1 cm³/mol. The Morgan fingerprint density at radius 1 is 1.41 bits per heavy atom. The minimum atomic E-state index is -0.584. The van der Waals surface area contributed by atoms with Gasteiger partial charge in [0.25, 0.3) is 5.91 Å². The van der Waals surface area contributed by atoms with Gasteiger partial charge in [-0.3, -0.25) is 4.79 Å². The Hall–Kier alpha value is -0.390. The first-order chi connectivity index (χ1) is 7.79. The van der Waals surface area contributed by atoms with Crippen molar-refractivity contribution in [2.24, 2.45) is 0 Å². The molecule has 17 heavy (non-hydrogen) atoms. The number of halogens is 2. The molecule has 1 rings (SSSR count). The van der Waals surface area contributed by atoms with Crippen LogP contribution in [0.1, 0.15) is 24.2 Å². The second-order valence-electron chi connectivity index (χ2n) is 4.46. The number of rotatable bonds is 3. The molecule has 0 aliphatic heterocycles. The summed E-state index contributed by atoms with van der Waals surface area (Å²) in [6.45, 7) is 3.55. The number of aliphatic hydroxyl groups excluding tert-OH is 1. The highest BCUT2D eigenvalue weighted by Gasteiger charge is 2.28. The first-order valence-electron chi connectivity index (χ1n) is 5.13. The van der Waals surface area contributed by atoms with E-state index in [1.54, 1.807) is 18.0 Å². The van der Waals surface area contributed by atoms with E-state index in [4.69, 9.17) is 0 Å². The number of carbonyl (C=O) groups is 1. The second-order valence-corrected chi connectivity index (χ2v) is 6.23. The standard InChI is InChI=1S/C12H15Br2NO2/c1-12(2,7-16)15(3)11(17)9-6-8(13)4-5-10(9)14/h4-6,16H,7H2,1-3H3. The number of aliphatic hydroxyl groups is 1. The van der Waals surface area contributed by atoms with Crippen molar-refractivity contribution < 1.29 is 9.90 Å². The van der Waals surface area contributed by atoms with E-state index in [0.29, 0.717) is 5.56 Å². The Labute approximate surface area is 118 Å². The first-order valence-corrected chi connectivity index (χ1v) is 6.72. The normalized spacial score (nSPS) is 11.4. The van der Waals surface area contributed by atoms with Crippen molar-refractivity contribution in [1.29, 1.82) is 0 Å². The summed E-state index contributed by atoms with van der Waals surface area (Å²) in [5.74, 6) is -0.128. The molecule has 0 atom stereocenters. The number of likely N-dealkylation sites (N-methyl/N-ethyl adjacent to an activating group) is 1. The van der Waals surface area contributed by atoms with Gasteiger partial charge in [-0.15, -0.1) is 0 Å². The number of hydrogen-bond donors (Lipinski definition) is 1. The topological polar surface area (TPSA) is 40.5 Å². The summed E-state index contributed by atoms with van der Waals surface area (Å²) in [5.41, 5.74) is -0.0119. The lowest BCUT2D eigenvalue weighted by molar-refractivity contribution is 0.0472. The second kappa shape index (κ2) is 5.50. The maximum Gasteiger partial charge on any atom is 0.255 e. The number of amides is 1. The lowest BCUT2D eigenvalue weighted by Gasteiger charge is -2.34. The number of nitrogens with zero attached hydrogens (tertiary/aromatic N) is 1. The van der Waals surface area contributed by atoms with Crippen LogP contribution in [0.4, 0.5) is 0 Å². The molecule has 0 unspecified atom stereocenters. The zero-order valence-electron chi connectivity index (χ0n) is 10.00. The van der Waals surface area contributed by atoms with Crippen LogP contribution in [0.5, 0.6) is 0 Å². The molecule has 1 amide bonds. The molecular weight excluding hydrogens is 350 g/mol. The molecule has 0 fully saturated rings. The van der Waals surface area contributed by atoms with E-state index < -0.39 is 5.54 Å². The van der Waals surface area contributed by atoms with E-state index in [2.05, 4.69) is 31.9 Å². The van der Waals surface area contributed by atoms with Crippen LogP contribution in [-0.4, -0.2) is 35.1 Å². The Morgan fingerprint density at radius 2 is 2.00 bits per heavy atom. The SMILES string of the molecule is CN(C(=O)c1cc(Br)ccc1Br)C(C)(C)CO. The molecule has 1 aromatic rings. The van der Waals surface area contributed by atoms with E-state index in [-0.39, 0.29) is 12.5 Å². The van der Waals surface area contributed by atoms with Crippen molar-refractivity contribution in [3.8, 4) is 0 Å². The summed E-state index contributed by atoms with van der Waals surface area (Å²) >= 11 is 6.70. The van der Waals surface area contributed by atoms with E-state index in [9.17, 15) is 9.90 Å². The van der Waals surface area contributed by atoms with Crippen LogP contribution in [0.25, 0.3) is 0 Å². The molecule has 5 heteroatoms. The summed E-state index contributed by atoms with van der Waals surface area (Å²) in [6.07, 6.45) is 0. The fourth-order valence-electron chi connectivity index (χ4n) is 1.22. The van der Waals surface area contributed by atoms with E-state index in [1.165, 1.54) is 0 Å². The average molecular weight is 365 g/mol. The Kier molecular flexibility index (Phi) is 4.75. The Morgan fingerprint density at radius 3 is 2.53 bits per heavy atom. The summed E-state index contributed by atoms with van der Waals surface area (Å²) < 4.78 is 1.59. The van der Waals surface area contributed by atoms with Crippen molar-refractivity contribution in [3.05, 3.63) is 32.7 Å². The zero-order chi connectivity index (χ0) is 13.2. The molecule has 0 radical (unpaired) electrons. The fraction of sp³-hybridized carbons (Fsp3) is 0.417. The van der Waals surface area contributed by atoms with Crippen molar-refractivity contribution >= 4 is 37.8 Å². The van der Waals surface area contributed by atoms with Crippen LogP contribution in [0.15, 0.2) is 27.1 Å². The van der Waals surface area contributed by atoms with E-state index >= 15 is 0 Å². The fourth-order valence-corrected chi connectivity index (χ4v) is 2.00. The number of hydrogen-bond acceptors (Lipinski definition) is 2. The molecule has 94 valence electrons. The molecule has 0 saturated heterocycles. The third kappa shape index (κ3) is 3.30. The zero-order valence-corrected chi connectivity index (χ0v) is 13.2. The van der Waals surface area contributed by atoms with Gasteiger partial charge in [0.1, 0.15) is 0 Å². The molecule has 0 bridgehead atoms. The number of carbonyl (C=O) groups excluding carboxylic acids is 1. The third-order valence-corrected chi connectivity index (χ3v) is 3.94. The summed E-state index contributed by atoms with van der Waals surface area (Å²) in [5, 5.41) is 9.27. The molecule has 1 aromatic carbocycles. The number of benzene rings is 1. The molecule has 0 aliphatic rings. The summed E-state index contributed by atoms with van der Waals surface area (Å²) in [7, 11) is 1.69. The van der Waals surface area contributed by atoms with Gasteiger partial charge >= 0.3 is 0 Å². The summed E-state index contributed by atoms with van der Waals surface area (Å²) in [6, 6.07) is 5.44. The smallest absolute Gasteiger partial charge is 0.255 e. The van der Waals surface area contributed by atoms with Crippen molar-refractivity contribution in [1.82, 2.24) is 4.90 Å². The predicted octanol–water partition coefficient (Wildman–Crippen LogP) is 3.05. The van der Waals surface area contributed by atoms with Crippen LogP contribution < -0.4 is 0 Å². The van der Waals surface area contributed by atoms with Gasteiger partial charge < -0.3 is 10.0 Å². The van der Waals surface area contributed by atoms with Crippen LogP contribution in [-0.2, 0) is 0 Å². The first kappa shape index (κ1) is 14.7. The van der Waals surface area contributed by atoms with Gasteiger partial charge in [-0.25, -0.2) is 0 Å². The maximum atomic E-state index is 12.3. The minimum absolute atomic E-state index is 0.0825. The highest BCUT2D eigenvalue weighted by molar-refractivity contribution is 9.11. The quantitative estimate of drug-likeness (QED) is 0.895. The minimum Gasteiger partial charge on any atom is -0.394 e. The Bertz CT molecular complexity index is 433. The molecule has 0 aromatic heterocycles. The van der Waals surface area contributed by atoms with Crippen LogP contribution in [0, 0.1) is 0 Å². The largest absolute Gasteiger partial charge is 0.394 e. The third-order valence-electron chi connectivity index (χ3n) is 2.76. The van der Waals surface area contributed by atoms with Gasteiger partial charge in [0.2, 0.25) is 0 Å². The Balaban J connectivity index is 3.08. The van der Waals surface area contributed by atoms with E-state index in [0.717, 1.165) is 8.95 Å². The molecule has 3 nitrogen and oxygen atoms in total. The van der Waals surface area contributed by atoms with Crippen LogP contribution in [0.3, 0.4) is 0 Å². The molecular formula is C12H15Br2NO2. The molecule has 0 aliphatic carbocycles. The van der Waals surface area contributed by atoms with Crippen LogP contribution >= 0.6 is 31.9 Å². The molecule has 1 N–H and O–H groups in total. The van der Waals surface area contributed by atoms with Crippen LogP contribution in [0.2, 0.25) is 0 Å². The molecule has 0 saturated carbocycles. The highest BCUT2D eigenvalue weighted by atomic mass is 79.9. The highest BCUT2D eigenvalue weighted by Crippen LogP contribution is 2.24. The lowest BCUT2D eigenvalue weighted by Crippen LogP contribution is -2.47. The monoisotopic (exact) mass is 363 g/mol.